The van der Waals surface area contributed by atoms with Gasteiger partial charge in [0, 0.05) is 31.1 Å². The zero-order valence-corrected chi connectivity index (χ0v) is 18.0. The van der Waals surface area contributed by atoms with Crippen LogP contribution in [0.25, 0.3) is 21.5 Å². The molecule has 1 atom stereocenters. The van der Waals surface area contributed by atoms with Crippen LogP contribution in [-0.2, 0) is 0 Å². The van der Waals surface area contributed by atoms with Gasteiger partial charge in [0.1, 0.15) is 0 Å². The molecule has 3 aromatic carbocycles. The second kappa shape index (κ2) is 9.25. The lowest BCUT2D eigenvalue weighted by atomic mass is 9.92. The third-order valence-corrected chi connectivity index (χ3v) is 6.35. The second-order valence-corrected chi connectivity index (χ2v) is 7.92. The Morgan fingerprint density at radius 1 is 0.786 bits per heavy atom. The Hall–Kier alpha value is -1.62. The van der Waals surface area contributed by atoms with Crippen LogP contribution in [0.5, 0.6) is 0 Å². The number of rotatable bonds is 3. The minimum Gasteiger partial charge on any atom is -0.314 e. The zero-order valence-electron chi connectivity index (χ0n) is 15.5. The number of nitrogens with one attached hydrogen (secondary N) is 1. The summed E-state index contributed by atoms with van der Waals surface area (Å²) in [6.07, 6.45) is 0. The third kappa shape index (κ3) is 3.78. The molecule has 4 aromatic rings. The molecule has 146 valence electrons. The van der Waals surface area contributed by atoms with Crippen molar-refractivity contribution >= 4 is 57.7 Å². The highest BCUT2D eigenvalue weighted by molar-refractivity contribution is 7.10. The number of hydrogen-bond donors (Lipinski definition) is 1. The van der Waals surface area contributed by atoms with Crippen molar-refractivity contribution in [3.05, 3.63) is 82.6 Å². The molecular weight excluding hydrogens is 407 g/mol. The number of nitrogens with zero attached hydrogens (tertiary/aromatic N) is 1. The van der Waals surface area contributed by atoms with Gasteiger partial charge in [-0.1, -0.05) is 54.6 Å². The Morgan fingerprint density at radius 2 is 1.46 bits per heavy atom. The molecule has 0 unspecified atom stereocenters. The summed E-state index contributed by atoms with van der Waals surface area (Å²) < 4.78 is 0. The van der Waals surface area contributed by atoms with Gasteiger partial charge in [-0.05, 0) is 44.6 Å². The van der Waals surface area contributed by atoms with Crippen LogP contribution in [0.15, 0.2) is 72.1 Å². The van der Waals surface area contributed by atoms with Crippen molar-refractivity contribution in [3.63, 3.8) is 0 Å². The average Bonchev–Trinajstić information content (AvgIpc) is 3.23. The fourth-order valence-electron chi connectivity index (χ4n) is 4.23. The van der Waals surface area contributed by atoms with E-state index in [-0.39, 0.29) is 24.8 Å². The zero-order chi connectivity index (χ0) is 17.3. The molecule has 1 aliphatic heterocycles. The van der Waals surface area contributed by atoms with E-state index in [1.165, 1.54) is 32.0 Å². The average molecular weight is 431 g/mol. The predicted molar refractivity (Wildman–Crippen MR) is 127 cm³/mol. The second-order valence-electron chi connectivity index (χ2n) is 6.94. The fraction of sp³-hybridized carbons (Fsp3) is 0.217. The lowest BCUT2D eigenvalue weighted by molar-refractivity contribution is 0.201. The quantitative estimate of drug-likeness (QED) is 0.407. The summed E-state index contributed by atoms with van der Waals surface area (Å²) in [7, 11) is 0. The van der Waals surface area contributed by atoms with Gasteiger partial charge in [-0.15, -0.1) is 36.2 Å². The van der Waals surface area contributed by atoms with Crippen LogP contribution in [0.4, 0.5) is 0 Å². The van der Waals surface area contributed by atoms with Crippen molar-refractivity contribution in [1.82, 2.24) is 10.2 Å². The highest BCUT2D eigenvalue weighted by Gasteiger charge is 2.26. The van der Waals surface area contributed by atoms with E-state index in [9.17, 15) is 0 Å². The Kier molecular flexibility index (Phi) is 6.97. The summed E-state index contributed by atoms with van der Waals surface area (Å²) in [5.74, 6) is 0. The van der Waals surface area contributed by atoms with E-state index in [4.69, 9.17) is 0 Å². The van der Waals surface area contributed by atoms with Crippen LogP contribution >= 0.6 is 36.2 Å². The first kappa shape index (κ1) is 21.1. The Balaban J connectivity index is 0.00000112. The summed E-state index contributed by atoms with van der Waals surface area (Å²) in [5.41, 5.74) is 1.43. The van der Waals surface area contributed by atoms with Crippen LogP contribution in [0, 0.1) is 0 Å². The number of halogens is 2. The maximum Gasteiger partial charge on any atom is 0.0703 e. The summed E-state index contributed by atoms with van der Waals surface area (Å²) in [4.78, 5) is 4.08. The summed E-state index contributed by atoms with van der Waals surface area (Å²) in [5, 5.41) is 11.1. The largest absolute Gasteiger partial charge is 0.314 e. The number of thiophene rings is 1. The van der Waals surface area contributed by atoms with Gasteiger partial charge in [0.2, 0.25) is 0 Å². The predicted octanol–water partition coefficient (Wildman–Crippen LogP) is 5.89. The number of piperazine rings is 1. The van der Waals surface area contributed by atoms with Crippen molar-refractivity contribution in [3.8, 4) is 0 Å². The molecule has 0 aliphatic carbocycles. The molecule has 5 heteroatoms. The van der Waals surface area contributed by atoms with Gasteiger partial charge in [0.15, 0.2) is 0 Å². The Labute approximate surface area is 182 Å². The van der Waals surface area contributed by atoms with E-state index >= 15 is 0 Å². The first-order chi connectivity index (χ1) is 12.9. The lowest BCUT2D eigenvalue weighted by Gasteiger charge is -2.35. The molecule has 5 rings (SSSR count). The van der Waals surface area contributed by atoms with E-state index in [1.807, 2.05) is 11.3 Å². The number of fused-ring (bicyclic) bond motifs is 3. The number of benzene rings is 3. The first-order valence-electron chi connectivity index (χ1n) is 9.30. The van der Waals surface area contributed by atoms with Gasteiger partial charge in [-0.2, -0.15) is 0 Å². The van der Waals surface area contributed by atoms with Gasteiger partial charge in [-0.25, -0.2) is 0 Å². The molecule has 1 N–H and O–H groups in total. The molecule has 1 aliphatic rings. The molecule has 2 nitrogen and oxygen atoms in total. The normalized spacial score (nSPS) is 15.7. The van der Waals surface area contributed by atoms with E-state index in [1.54, 1.807) is 0 Å². The molecule has 1 fully saturated rings. The molecule has 0 spiro atoms. The van der Waals surface area contributed by atoms with Crippen LogP contribution in [0.3, 0.4) is 0 Å². The maximum atomic E-state index is 3.49. The van der Waals surface area contributed by atoms with E-state index in [0.717, 1.165) is 26.2 Å². The maximum absolute atomic E-state index is 3.49. The lowest BCUT2D eigenvalue weighted by Crippen LogP contribution is -2.45. The standard InChI is InChI=1S/C23H22N2S.2ClH/c1-2-7-18-17(6-1)16-21(20-9-4-3-8-19(18)20)23(22-10-5-15-26-22)25-13-11-24-12-14-25;;/h1-10,15-16,23-24H,11-14H2;2*1H/t23-;;/m1../s1. The Bertz CT molecular complexity index is 1040. The van der Waals surface area contributed by atoms with Gasteiger partial charge in [0.05, 0.1) is 6.04 Å². The topological polar surface area (TPSA) is 15.3 Å². The first-order valence-corrected chi connectivity index (χ1v) is 10.2. The fourth-order valence-corrected chi connectivity index (χ4v) is 5.10. The molecule has 0 saturated carbocycles. The summed E-state index contributed by atoms with van der Waals surface area (Å²) >= 11 is 1.87. The highest BCUT2D eigenvalue weighted by Crippen LogP contribution is 2.39. The van der Waals surface area contributed by atoms with E-state index in [2.05, 4.69) is 82.3 Å². The van der Waals surface area contributed by atoms with Crippen molar-refractivity contribution in [2.45, 2.75) is 6.04 Å². The van der Waals surface area contributed by atoms with Crippen LogP contribution in [-0.4, -0.2) is 31.1 Å². The van der Waals surface area contributed by atoms with Gasteiger partial charge < -0.3 is 5.32 Å². The molecule has 0 radical (unpaired) electrons. The van der Waals surface area contributed by atoms with E-state index in [0.29, 0.717) is 6.04 Å². The molecule has 1 saturated heterocycles. The van der Waals surface area contributed by atoms with Crippen molar-refractivity contribution in [1.29, 1.82) is 0 Å². The Morgan fingerprint density at radius 3 is 2.18 bits per heavy atom. The molecule has 0 bridgehead atoms. The van der Waals surface area contributed by atoms with Crippen LogP contribution < -0.4 is 5.32 Å². The van der Waals surface area contributed by atoms with Crippen molar-refractivity contribution in [2.75, 3.05) is 26.2 Å². The third-order valence-electron chi connectivity index (χ3n) is 5.42. The molecule has 28 heavy (non-hydrogen) atoms. The van der Waals surface area contributed by atoms with Crippen LogP contribution in [0.2, 0.25) is 0 Å². The van der Waals surface area contributed by atoms with E-state index < -0.39 is 0 Å². The number of hydrogen-bond acceptors (Lipinski definition) is 3. The smallest absolute Gasteiger partial charge is 0.0703 e. The van der Waals surface area contributed by atoms with Crippen LogP contribution in [0.1, 0.15) is 16.5 Å². The van der Waals surface area contributed by atoms with Crippen molar-refractivity contribution < 1.29 is 0 Å². The van der Waals surface area contributed by atoms with Gasteiger partial charge in [-0.3, -0.25) is 4.90 Å². The summed E-state index contributed by atoms with van der Waals surface area (Å²) in [6.45, 7) is 4.30. The van der Waals surface area contributed by atoms with Gasteiger partial charge in [0.25, 0.3) is 0 Å². The minimum atomic E-state index is 0. The van der Waals surface area contributed by atoms with Crippen molar-refractivity contribution in [2.24, 2.45) is 0 Å². The molecule has 2 heterocycles. The minimum absolute atomic E-state index is 0. The monoisotopic (exact) mass is 430 g/mol. The molecule has 0 amide bonds. The SMILES string of the molecule is Cl.Cl.c1csc([C@@H](c2cc3ccccc3c3ccccc23)N2CCNCC2)c1. The molecule has 1 aromatic heterocycles. The summed E-state index contributed by atoms with van der Waals surface area (Å²) in [6, 6.07) is 24.9. The van der Waals surface area contributed by atoms with Gasteiger partial charge >= 0.3 is 0 Å². The highest BCUT2D eigenvalue weighted by atomic mass is 35.5. The molecular formula is C23H24Cl2N2S.